The van der Waals surface area contributed by atoms with Crippen LogP contribution in [-0.4, -0.2) is 66.3 Å². The van der Waals surface area contributed by atoms with E-state index in [9.17, 15) is 4.79 Å². The zero-order valence-electron chi connectivity index (χ0n) is 25.0. The summed E-state index contributed by atoms with van der Waals surface area (Å²) in [5, 5.41) is 0. The Kier molecular flexibility index (Phi) is 7.55. The number of likely N-dealkylation sites (tertiary alicyclic amines) is 2. The molecule has 0 aromatic rings. The average Bonchev–Trinajstić information content (AvgIpc) is 3.28. The lowest BCUT2D eigenvalue weighted by molar-refractivity contribution is -0.950. The molecule has 2 aliphatic heterocycles. The highest BCUT2D eigenvalue weighted by atomic mass is 16.5. The van der Waals surface area contributed by atoms with Gasteiger partial charge in [-0.25, -0.2) is 0 Å². The quantitative estimate of drug-likeness (QED) is 0.220. The molecule has 0 radical (unpaired) electrons. The predicted molar refractivity (Wildman–Crippen MR) is 155 cm³/mol. The normalized spacial score (nSPS) is 46.9. The van der Waals surface area contributed by atoms with Gasteiger partial charge in [-0.2, -0.15) is 0 Å². The topological polar surface area (TPSA) is 29.5 Å². The van der Waals surface area contributed by atoms with Crippen molar-refractivity contribution in [3.63, 3.8) is 0 Å². The van der Waals surface area contributed by atoms with Crippen LogP contribution < -0.4 is 0 Å². The molecule has 4 heteroatoms. The minimum absolute atomic E-state index is 0.0750. The number of quaternary nitrogens is 1. The highest BCUT2D eigenvalue weighted by Crippen LogP contribution is 2.67. The van der Waals surface area contributed by atoms with E-state index in [-0.39, 0.29) is 12.1 Å². The zero-order valence-corrected chi connectivity index (χ0v) is 25.0. The summed E-state index contributed by atoms with van der Waals surface area (Å²) in [5.74, 6) is 3.31. The van der Waals surface area contributed by atoms with Crippen molar-refractivity contribution >= 4 is 5.97 Å². The molecular weight excluding hydrogens is 468 g/mol. The predicted octanol–water partition coefficient (Wildman–Crippen LogP) is 6.98. The summed E-state index contributed by atoms with van der Waals surface area (Å²) >= 11 is 0. The molecule has 4 saturated carbocycles. The lowest BCUT2D eigenvalue weighted by atomic mass is 9.44. The van der Waals surface area contributed by atoms with Crippen LogP contribution in [0, 0.1) is 34.5 Å². The molecule has 2 heterocycles. The van der Waals surface area contributed by atoms with E-state index in [4.69, 9.17) is 4.74 Å². The molecule has 0 spiro atoms. The van der Waals surface area contributed by atoms with Gasteiger partial charge in [0.05, 0.1) is 25.7 Å². The molecule has 38 heavy (non-hydrogen) atoms. The van der Waals surface area contributed by atoms with Crippen molar-refractivity contribution in [2.75, 3.05) is 32.7 Å². The molecule has 0 bridgehead atoms. The van der Waals surface area contributed by atoms with Crippen molar-refractivity contribution in [3.8, 4) is 0 Å². The first-order chi connectivity index (χ1) is 18.3. The Hall–Kier alpha value is -0.870. The first kappa shape index (κ1) is 27.3. The summed E-state index contributed by atoms with van der Waals surface area (Å²) in [6.45, 7) is 17.6. The van der Waals surface area contributed by atoms with Crippen LogP contribution in [-0.2, 0) is 9.53 Å². The molecule has 0 amide bonds. The molecular formula is C34H57N2O2+. The van der Waals surface area contributed by atoms with E-state index in [1.165, 1.54) is 121 Å². The van der Waals surface area contributed by atoms with Gasteiger partial charge in [0.1, 0.15) is 6.10 Å². The smallest absolute Gasteiger partial charge is 0.302 e. The monoisotopic (exact) mass is 525 g/mol. The average molecular weight is 526 g/mol. The summed E-state index contributed by atoms with van der Waals surface area (Å²) in [6.07, 6.45) is 21.5. The largest absolute Gasteiger partial charge is 0.461 e. The number of nitrogens with zero attached hydrogens (tertiary/aromatic N) is 2. The zero-order chi connectivity index (χ0) is 26.5. The van der Waals surface area contributed by atoms with Gasteiger partial charge >= 0.3 is 5.97 Å². The van der Waals surface area contributed by atoms with E-state index >= 15 is 0 Å². The van der Waals surface area contributed by atoms with Crippen LogP contribution in [0.4, 0.5) is 0 Å². The lowest BCUT2D eigenvalue weighted by Gasteiger charge is -2.62. The molecule has 2 saturated heterocycles. The minimum atomic E-state index is -0.0750. The molecule has 6 fully saturated rings. The van der Waals surface area contributed by atoms with Crippen LogP contribution >= 0.6 is 0 Å². The third-order valence-corrected chi connectivity index (χ3v) is 13.6. The third kappa shape index (κ3) is 4.62. The van der Waals surface area contributed by atoms with Gasteiger partial charge in [-0.3, -0.25) is 9.69 Å². The summed E-state index contributed by atoms with van der Waals surface area (Å²) in [6, 6.07) is 1.28. The van der Waals surface area contributed by atoms with Crippen molar-refractivity contribution in [2.45, 2.75) is 129 Å². The van der Waals surface area contributed by atoms with Crippen molar-refractivity contribution in [1.29, 1.82) is 0 Å². The second-order valence-corrected chi connectivity index (χ2v) is 15.4. The Morgan fingerprint density at radius 2 is 1.71 bits per heavy atom. The van der Waals surface area contributed by atoms with Gasteiger partial charge in [0, 0.05) is 25.8 Å². The van der Waals surface area contributed by atoms with E-state index in [0.29, 0.717) is 16.9 Å². The first-order valence-corrected chi connectivity index (χ1v) is 16.7. The Morgan fingerprint density at radius 1 is 0.974 bits per heavy atom. The van der Waals surface area contributed by atoms with Crippen LogP contribution in [0.3, 0.4) is 0 Å². The maximum atomic E-state index is 12.2. The Morgan fingerprint density at radius 3 is 2.42 bits per heavy atom. The molecule has 9 atom stereocenters. The summed E-state index contributed by atoms with van der Waals surface area (Å²) in [7, 11) is 0. The number of rotatable bonds is 5. The van der Waals surface area contributed by atoms with Gasteiger partial charge in [0.15, 0.2) is 0 Å². The fraction of sp³-hybridized carbons (Fsp3) is 0.912. The number of esters is 1. The molecule has 4 aliphatic carbocycles. The van der Waals surface area contributed by atoms with Gasteiger partial charge in [-0.15, -0.1) is 0 Å². The number of piperidine rings is 2. The number of carbonyl (C=O) groups is 1. The summed E-state index contributed by atoms with van der Waals surface area (Å²) in [4.78, 5) is 14.9. The number of hydrogen-bond acceptors (Lipinski definition) is 3. The third-order valence-electron chi connectivity index (χ3n) is 13.6. The molecule has 0 aromatic heterocycles. The fourth-order valence-electron chi connectivity index (χ4n) is 11.7. The molecule has 6 aliphatic rings. The molecule has 6 rings (SSSR count). The van der Waals surface area contributed by atoms with Crippen molar-refractivity contribution in [2.24, 2.45) is 34.5 Å². The number of ether oxygens (including phenoxy) is 1. The number of fused-ring (bicyclic) bond motifs is 5. The highest BCUT2D eigenvalue weighted by Gasteiger charge is 2.63. The lowest BCUT2D eigenvalue weighted by Crippen LogP contribution is -2.60. The van der Waals surface area contributed by atoms with Crippen LogP contribution in [0.2, 0.25) is 0 Å². The van der Waals surface area contributed by atoms with E-state index in [2.05, 4.69) is 31.4 Å². The van der Waals surface area contributed by atoms with Gasteiger partial charge in [-0.05, 0) is 124 Å². The SMILES string of the molecule is C=CC[N+]1([C@H]2CC3C4CC[C@H]5C[C@H](OC(C)=O)[C@@H](N6CCCCC6)C[C@]5(C)C4CC[C@]3(C)C2)CCCCC1. The highest BCUT2D eigenvalue weighted by molar-refractivity contribution is 5.66. The summed E-state index contributed by atoms with van der Waals surface area (Å²) < 4.78 is 7.45. The van der Waals surface area contributed by atoms with Gasteiger partial charge in [-0.1, -0.05) is 26.8 Å². The van der Waals surface area contributed by atoms with Crippen molar-refractivity contribution < 1.29 is 14.0 Å². The molecule has 0 aromatic carbocycles. The number of carbonyl (C=O) groups excluding carboxylic acids is 1. The molecule has 214 valence electrons. The standard InChI is InChI=1S/C34H57N2O2/c1-5-18-36(19-10-7-11-20-36)27-22-30-28-13-12-26-21-32(38-25(2)37)31(35-16-8-6-9-17-35)24-34(26,4)29(28)14-15-33(30,3)23-27/h5,26-32H,1,6-24H2,2-4H3/q+1/t26-,27-,28?,29?,30?,31-,32-,33+,34-/m0/s1. The fourth-order valence-corrected chi connectivity index (χ4v) is 11.7. The summed E-state index contributed by atoms with van der Waals surface area (Å²) in [5.41, 5.74) is 0.944. The van der Waals surface area contributed by atoms with Crippen LogP contribution in [0.25, 0.3) is 0 Å². The molecule has 3 unspecified atom stereocenters. The maximum Gasteiger partial charge on any atom is 0.302 e. The van der Waals surface area contributed by atoms with E-state index in [1.807, 2.05) is 0 Å². The van der Waals surface area contributed by atoms with Crippen LogP contribution in [0.1, 0.15) is 111 Å². The van der Waals surface area contributed by atoms with Gasteiger partial charge in [0.2, 0.25) is 0 Å². The Balaban J connectivity index is 1.25. The Bertz CT molecular complexity index is 876. The number of hydrogen-bond donors (Lipinski definition) is 0. The molecule has 4 nitrogen and oxygen atoms in total. The molecule has 0 N–H and O–H groups in total. The van der Waals surface area contributed by atoms with Crippen LogP contribution in [0.15, 0.2) is 12.7 Å². The van der Waals surface area contributed by atoms with E-state index in [1.54, 1.807) is 6.92 Å². The second kappa shape index (κ2) is 10.5. The van der Waals surface area contributed by atoms with Gasteiger partial charge in [0.25, 0.3) is 0 Å². The van der Waals surface area contributed by atoms with Crippen LogP contribution in [0.5, 0.6) is 0 Å². The van der Waals surface area contributed by atoms with E-state index in [0.717, 1.165) is 36.1 Å². The first-order valence-electron chi connectivity index (χ1n) is 16.7. The Labute approximate surface area is 233 Å². The second-order valence-electron chi connectivity index (χ2n) is 15.4. The minimum Gasteiger partial charge on any atom is -0.461 e. The van der Waals surface area contributed by atoms with Gasteiger partial charge < -0.3 is 9.22 Å². The maximum absolute atomic E-state index is 12.2. The van der Waals surface area contributed by atoms with E-state index < -0.39 is 0 Å². The van der Waals surface area contributed by atoms with Crippen molar-refractivity contribution in [1.82, 2.24) is 4.90 Å². The van der Waals surface area contributed by atoms with Crippen molar-refractivity contribution in [3.05, 3.63) is 12.7 Å².